The lowest BCUT2D eigenvalue weighted by molar-refractivity contribution is 0.667. The fourth-order valence-corrected chi connectivity index (χ4v) is 7.81. The van der Waals surface area contributed by atoms with Crippen LogP contribution in [-0.2, 0) is 0 Å². The van der Waals surface area contributed by atoms with Gasteiger partial charge in [0.25, 0.3) is 0 Å². The van der Waals surface area contributed by atoms with Crippen LogP contribution in [0, 0.1) is 0 Å². The van der Waals surface area contributed by atoms with Crippen molar-refractivity contribution < 1.29 is 4.42 Å². The van der Waals surface area contributed by atoms with E-state index >= 15 is 0 Å². The van der Waals surface area contributed by atoms with Gasteiger partial charge in [0, 0.05) is 21.7 Å². The molecule has 4 heteroatoms. The average molecular weight is 638 g/mol. The van der Waals surface area contributed by atoms with E-state index < -0.39 is 0 Å². The Labute approximate surface area is 286 Å². The van der Waals surface area contributed by atoms with Crippen molar-refractivity contribution >= 4 is 76.3 Å². The summed E-state index contributed by atoms with van der Waals surface area (Å²) in [4.78, 5) is 10.7. The molecule has 0 fully saturated rings. The van der Waals surface area contributed by atoms with Gasteiger partial charge >= 0.3 is 0 Å². The molecule has 0 aliphatic heterocycles. The maximum absolute atomic E-state index is 6.90. The summed E-state index contributed by atoms with van der Waals surface area (Å²) < 4.78 is 9.20. The molecule has 232 valence electrons. The van der Waals surface area contributed by atoms with Gasteiger partial charge in [0.05, 0.1) is 27.5 Å². The lowest BCUT2D eigenvalue weighted by Gasteiger charge is -2.15. The Balaban J connectivity index is 1.23. The highest BCUT2D eigenvalue weighted by Gasteiger charge is 2.24. The van der Waals surface area contributed by atoms with E-state index in [-0.39, 0.29) is 0 Å². The predicted octanol–water partition coefficient (Wildman–Crippen LogP) is 12.3. The predicted molar refractivity (Wildman–Crippen MR) is 207 cm³/mol. The second kappa shape index (κ2) is 10.4. The Morgan fingerprint density at radius 1 is 0.420 bits per heavy atom. The molecule has 3 aromatic heterocycles. The quantitative estimate of drug-likeness (QED) is 0.194. The van der Waals surface area contributed by atoms with E-state index in [0.29, 0.717) is 0 Å². The number of rotatable bonds is 3. The van der Waals surface area contributed by atoms with Crippen molar-refractivity contribution in [1.29, 1.82) is 0 Å². The molecule has 0 bridgehead atoms. The summed E-state index contributed by atoms with van der Waals surface area (Å²) in [6.07, 6.45) is 0. The molecule has 0 aliphatic carbocycles. The van der Waals surface area contributed by atoms with E-state index in [9.17, 15) is 0 Å². The maximum Gasteiger partial charge on any atom is 0.165 e. The Morgan fingerprint density at radius 2 is 1.08 bits per heavy atom. The third kappa shape index (κ3) is 3.93. The lowest BCUT2D eigenvalue weighted by atomic mass is 9.99. The highest BCUT2D eigenvalue weighted by molar-refractivity contribution is 6.30. The summed E-state index contributed by atoms with van der Waals surface area (Å²) in [6.45, 7) is 0. The summed E-state index contributed by atoms with van der Waals surface area (Å²) in [7, 11) is 0. The molecule has 11 rings (SSSR count). The highest BCUT2D eigenvalue weighted by Crippen LogP contribution is 2.44. The molecular weight excluding hydrogens is 611 g/mol. The van der Waals surface area contributed by atoms with Crippen molar-refractivity contribution in [3.05, 3.63) is 164 Å². The number of fused-ring (bicyclic) bond motifs is 6. The molecule has 0 unspecified atom stereocenters. The van der Waals surface area contributed by atoms with Gasteiger partial charge < -0.3 is 4.42 Å². The van der Waals surface area contributed by atoms with Crippen LogP contribution in [0.2, 0.25) is 0 Å². The van der Waals surface area contributed by atoms with Crippen LogP contribution in [-0.4, -0.2) is 14.5 Å². The van der Waals surface area contributed by atoms with Gasteiger partial charge in [-0.15, -0.1) is 0 Å². The highest BCUT2D eigenvalue weighted by atomic mass is 16.3. The van der Waals surface area contributed by atoms with Gasteiger partial charge in [0.15, 0.2) is 5.82 Å². The molecule has 0 saturated carbocycles. The second-order valence-electron chi connectivity index (χ2n) is 13.0. The van der Waals surface area contributed by atoms with Gasteiger partial charge in [-0.3, -0.25) is 4.57 Å². The van der Waals surface area contributed by atoms with Gasteiger partial charge in [-0.05, 0) is 69.1 Å². The number of aromatic nitrogens is 3. The number of hydrogen-bond donors (Lipinski definition) is 0. The first-order valence-electron chi connectivity index (χ1n) is 16.9. The van der Waals surface area contributed by atoms with E-state index in [2.05, 4.69) is 138 Å². The lowest BCUT2D eigenvalue weighted by Crippen LogP contribution is -2.03. The molecule has 0 N–H and O–H groups in total. The van der Waals surface area contributed by atoms with E-state index in [1.54, 1.807) is 0 Å². The summed E-state index contributed by atoms with van der Waals surface area (Å²) in [5.41, 5.74) is 9.70. The molecule has 8 aromatic carbocycles. The van der Waals surface area contributed by atoms with Crippen LogP contribution in [0.15, 0.2) is 168 Å². The van der Waals surface area contributed by atoms with E-state index in [0.717, 1.165) is 88.2 Å². The van der Waals surface area contributed by atoms with Crippen LogP contribution in [0.1, 0.15) is 0 Å². The summed E-state index contributed by atoms with van der Waals surface area (Å²) in [5, 5.41) is 9.11. The molecule has 0 amide bonds. The maximum atomic E-state index is 6.90. The zero-order valence-corrected chi connectivity index (χ0v) is 26.8. The Bertz CT molecular complexity index is 3150. The average Bonchev–Trinajstić information content (AvgIpc) is 3.42. The van der Waals surface area contributed by atoms with Gasteiger partial charge in [-0.2, -0.15) is 0 Å². The first kappa shape index (κ1) is 27.2. The minimum Gasteiger partial charge on any atom is -0.455 e. The number of benzene rings is 8. The fourth-order valence-electron chi connectivity index (χ4n) is 7.81. The standard InChI is InChI=1S/C46H27N3O/c1-2-11-31-26-32(25-22-28(31)10-1)29-20-23-30(24-21-29)44-46(48-38-17-7-6-16-37(38)47-44)49-39-18-9-15-36-35-14-5-8-19-41(35)50-45-34-13-4-3-12-33(34)27-40(49)43(45)42(36)39/h1-27H. The smallest absolute Gasteiger partial charge is 0.165 e. The van der Waals surface area contributed by atoms with Crippen LogP contribution in [0.5, 0.6) is 0 Å². The topological polar surface area (TPSA) is 43.9 Å². The first-order valence-corrected chi connectivity index (χ1v) is 16.9. The molecular formula is C46H27N3O. The van der Waals surface area contributed by atoms with Crippen LogP contribution >= 0.6 is 0 Å². The SMILES string of the molecule is c1ccc2cc(-c3ccc(-c4nc5ccccc5nc4-n4c5cccc6c7ccccc7oc7c8ccccc8cc4c7c65)cc3)ccc2c1. The van der Waals surface area contributed by atoms with Crippen molar-refractivity contribution in [2.45, 2.75) is 0 Å². The molecule has 11 aromatic rings. The zero-order chi connectivity index (χ0) is 32.8. The summed E-state index contributed by atoms with van der Waals surface area (Å²) in [6, 6.07) is 57.6. The Morgan fingerprint density at radius 3 is 1.94 bits per heavy atom. The number of para-hydroxylation sites is 3. The largest absolute Gasteiger partial charge is 0.455 e. The van der Waals surface area contributed by atoms with Crippen molar-refractivity contribution in [2.75, 3.05) is 0 Å². The normalized spacial score (nSPS) is 12.0. The number of hydrogen-bond acceptors (Lipinski definition) is 3. The van der Waals surface area contributed by atoms with Crippen molar-refractivity contribution in [2.24, 2.45) is 0 Å². The molecule has 0 saturated heterocycles. The van der Waals surface area contributed by atoms with Gasteiger partial charge in [0.2, 0.25) is 0 Å². The minimum absolute atomic E-state index is 0.786. The molecule has 3 heterocycles. The fraction of sp³-hybridized carbons (Fsp3) is 0. The molecule has 0 spiro atoms. The molecule has 0 atom stereocenters. The first-order chi connectivity index (χ1) is 24.8. The Hall–Kier alpha value is -6.78. The van der Waals surface area contributed by atoms with Crippen molar-refractivity contribution in [3.8, 4) is 28.2 Å². The van der Waals surface area contributed by atoms with E-state index in [1.807, 2.05) is 30.3 Å². The summed E-state index contributed by atoms with van der Waals surface area (Å²) >= 11 is 0. The van der Waals surface area contributed by atoms with E-state index in [4.69, 9.17) is 14.4 Å². The number of nitrogens with zero attached hydrogens (tertiary/aromatic N) is 3. The van der Waals surface area contributed by atoms with Crippen molar-refractivity contribution in [1.82, 2.24) is 14.5 Å². The molecule has 50 heavy (non-hydrogen) atoms. The second-order valence-corrected chi connectivity index (χ2v) is 13.0. The van der Waals surface area contributed by atoms with Crippen LogP contribution in [0.4, 0.5) is 0 Å². The zero-order valence-electron chi connectivity index (χ0n) is 26.8. The Kier molecular flexibility index (Phi) is 5.63. The summed E-state index contributed by atoms with van der Waals surface area (Å²) in [5.74, 6) is 0.786. The van der Waals surface area contributed by atoms with Gasteiger partial charge in [-0.25, -0.2) is 9.97 Å². The molecule has 4 nitrogen and oxygen atoms in total. The monoisotopic (exact) mass is 637 g/mol. The third-order valence-corrected chi connectivity index (χ3v) is 10.1. The van der Waals surface area contributed by atoms with E-state index in [1.165, 1.54) is 16.3 Å². The minimum atomic E-state index is 0.786. The van der Waals surface area contributed by atoms with Crippen LogP contribution < -0.4 is 0 Å². The molecule has 0 aliphatic rings. The van der Waals surface area contributed by atoms with Crippen LogP contribution in [0.25, 0.3) is 105 Å². The third-order valence-electron chi connectivity index (χ3n) is 10.1. The van der Waals surface area contributed by atoms with Crippen LogP contribution in [0.3, 0.4) is 0 Å². The van der Waals surface area contributed by atoms with Gasteiger partial charge in [0.1, 0.15) is 16.9 Å². The molecule has 0 radical (unpaired) electrons. The van der Waals surface area contributed by atoms with Gasteiger partial charge in [-0.1, -0.05) is 127 Å². The van der Waals surface area contributed by atoms with Crippen molar-refractivity contribution in [3.63, 3.8) is 0 Å².